The van der Waals surface area contributed by atoms with E-state index in [1.54, 1.807) is 12.3 Å². The largest absolute Gasteiger partial charge is 0.493 e. The van der Waals surface area contributed by atoms with Crippen molar-refractivity contribution in [2.45, 2.75) is 12.5 Å². The fraction of sp³-hybridized carbons (Fsp3) is 0.158. The van der Waals surface area contributed by atoms with Crippen molar-refractivity contribution < 1.29 is 9.53 Å². The lowest BCUT2D eigenvalue weighted by atomic mass is 10.00. The van der Waals surface area contributed by atoms with Crippen molar-refractivity contribution in [3.63, 3.8) is 0 Å². The van der Waals surface area contributed by atoms with Crippen LogP contribution in [0.4, 0.5) is 0 Å². The number of carbonyl (C=O) groups is 1. The van der Waals surface area contributed by atoms with Gasteiger partial charge in [0.2, 0.25) is 0 Å². The molecule has 0 spiro atoms. The summed E-state index contributed by atoms with van der Waals surface area (Å²) in [6.45, 7) is 0.564. The van der Waals surface area contributed by atoms with Crippen molar-refractivity contribution in [1.82, 2.24) is 10.3 Å². The first-order chi connectivity index (χ1) is 12.1. The molecule has 1 aliphatic rings. The number of aromatic nitrogens is 1. The Morgan fingerprint density at radius 2 is 2.16 bits per heavy atom. The zero-order chi connectivity index (χ0) is 17.4. The first kappa shape index (κ1) is 16.4. The predicted octanol–water partition coefficient (Wildman–Crippen LogP) is 4.90. The summed E-state index contributed by atoms with van der Waals surface area (Å²) in [4.78, 5) is 17.3. The number of amides is 1. The highest BCUT2D eigenvalue weighted by molar-refractivity contribution is 9.10. The van der Waals surface area contributed by atoms with Crippen LogP contribution in [-0.4, -0.2) is 17.5 Å². The van der Waals surface area contributed by atoms with Crippen LogP contribution in [0.25, 0.3) is 10.9 Å². The molecule has 0 bridgehead atoms. The SMILES string of the molecule is O=C(NC1CCOc2ccc(Br)cc21)c1cc(Cl)cc2cccnc12. The fourth-order valence-electron chi connectivity index (χ4n) is 3.08. The molecule has 1 aromatic heterocycles. The lowest BCUT2D eigenvalue weighted by molar-refractivity contribution is 0.0926. The topological polar surface area (TPSA) is 51.2 Å². The van der Waals surface area contributed by atoms with Crippen LogP contribution in [0.2, 0.25) is 5.02 Å². The first-order valence-electron chi connectivity index (χ1n) is 7.89. The molecular weight excluding hydrogens is 404 g/mol. The molecule has 6 heteroatoms. The summed E-state index contributed by atoms with van der Waals surface area (Å²) >= 11 is 9.65. The molecule has 0 saturated heterocycles. The Bertz CT molecular complexity index is 977. The Balaban J connectivity index is 1.69. The molecule has 4 rings (SSSR count). The lowest BCUT2D eigenvalue weighted by Gasteiger charge is -2.27. The number of ether oxygens (including phenoxy) is 1. The summed E-state index contributed by atoms with van der Waals surface area (Å²) < 4.78 is 6.63. The van der Waals surface area contributed by atoms with E-state index in [0.717, 1.165) is 21.2 Å². The van der Waals surface area contributed by atoms with Gasteiger partial charge in [-0.25, -0.2) is 0 Å². The van der Waals surface area contributed by atoms with Crippen molar-refractivity contribution >= 4 is 44.3 Å². The molecule has 0 saturated carbocycles. The highest BCUT2D eigenvalue weighted by Crippen LogP contribution is 2.34. The number of halogens is 2. The number of benzene rings is 2. The molecule has 0 fully saturated rings. The van der Waals surface area contributed by atoms with Crippen molar-refractivity contribution in [3.8, 4) is 5.75 Å². The predicted molar refractivity (Wildman–Crippen MR) is 101 cm³/mol. The summed E-state index contributed by atoms with van der Waals surface area (Å²) in [5.74, 6) is 0.609. The van der Waals surface area contributed by atoms with Gasteiger partial charge in [0.05, 0.1) is 23.7 Å². The molecule has 4 nitrogen and oxygen atoms in total. The third kappa shape index (κ3) is 3.22. The third-order valence-corrected chi connectivity index (χ3v) is 4.94. The van der Waals surface area contributed by atoms with E-state index in [1.807, 2.05) is 36.4 Å². The molecule has 1 atom stereocenters. The summed E-state index contributed by atoms with van der Waals surface area (Å²) in [7, 11) is 0. The smallest absolute Gasteiger partial charge is 0.254 e. The van der Waals surface area contributed by atoms with Crippen molar-refractivity contribution in [2.24, 2.45) is 0 Å². The maximum atomic E-state index is 12.9. The molecule has 0 radical (unpaired) electrons. The number of hydrogen-bond acceptors (Lipinski definition) is 3. The van der Waals surface area contributed by atoms with E-state index in [-0.39, 0.29) is 11.9 Å². The fourth-order valence-corrected chi connectivity index (χ4v) is 3.69. The van der Waals surface area contributed by atoms with E-state index in [2.05, 4.69) is 26.2 Å². The van der Waals surface area contributed by atoms with Gasteiger partial charge in [0.15, 0.2) is 0 Å². The van der Waals surface area contributed by atoms with Gasteiger partial charge in [0.1, 0.15) is 5.75 Å². The molecule has 0 aliphatic carbocycles. The minimum Gasteiger partial charge on any atom is -0.493 e. The number of nitrogens with one attached hydrogen (secondary N) is 1. The van der Waals surface area contributed by atoms with Gasteiger partial charge in [-0.15, -0.1) is 0 Å². The molecule has 2 heterocycles. The normalized spacial score (nSPS) is 16.2. The molecule has 1 amide bonds. The van der Waals surface area contributed by atoms with Crippen LogP contribution in [0.5, 0.6) is 5.75 Å². The number of carbonyl (C=O) groups excluding carboxylic acids is 1. The number of rotatable bonds is 2. The third-order valence-electron chi connectivity index (χ3n) is 4.23. The second-order valence-electron chi connectivity index (χ2n) is 5.87. The molecule has 3 aromatic rings. The molecular formula is C19H14BrClN2O2. The minimum atomic E-state index is -0.191. The van der Waals surface area contributed by atoms with Gasteiger partial charge in [0, 0.05) is 33.1 Å². The van der Waals surface area contributed by atoms with E-state index >= 15 is 0 Å². The monoisotopic (exact) mass is 416 g/mol. The zero-order valence-electron chi connectivity index (χ0n) is 13.1. The Labute approximate surface area is 158 Å². The first-order valence-corrected chi connectivity index (χ1v) is 9.06. The van der Waals surface area contributed by atoms with Gasteiger partial charge in [-0.1, -0.05) is 33.6 Å². The quantitative estimate of drug-likeness (QED) is 0.645. The van der Waals surface area contributed by atoms with Gasteiger partial charge >= 0.3 is 0 Å². The zero-order valence-corrected chi connectivity index (χ0v) is 15.5. The number of pyridine rings is 1. The van der Waals surface area contributed by atoms with Crippen LogP contribution in [0.1, 0.15) is 28.4 Å². The second kappa shape index (κ2) is 6.65. The van der Waals surface area contributed by atoms with E-state index in [9.17, 15) is 4.79 Å². The molecule has 126 valence electrons. The van der Waals surface area contributed by atoms with Crippen LogP contribution < -0.4 is 10.1 Å². The standard InChI is InChI=1S/C19H14BrClN2O2/c20-12-3-4-17-14(9-12)16(5-7-25-17)23-19(24)15-10-13(21)8-11-2-1-6-22-18(11)15/h1-4,6,8-10,16H,5,7H2,(H,23,24). The van der Waals surface area contributed by atoms with Crippen LogP contribution in [0, 0.1) is 0 Å². The van der Waals surface area contributed by atoms with Crippen LogP contribution in [0.15, 0.2) is 53.1 Å². The minimum absolute atomic E-state index is 0.119. The Morgan fingerprint density at radius 1 is 1.28 bits per heavy atom. The van der Waals surface area contributed by atoms with Crippen LogP contribution in [0.3, 0.4) is 0 Å². The van der Waals surface area contributed by atoms with Gasteiger partial charge in [-0.05, 0) is 36.4 Å². The summed E-state index contributed by atoms with van der Waals surface area (Å²) in [5.41, 5.74) is 2.09. The maximum absolute atomic E-state index is 12.9. The van der Waals surface area contributed by atoms with E-state index in [1.165, 1.54) is 0 Å². The summed E-state index contributed by atoms with van der Waals surface area (Å²) in [6.07, 6.45) is 2.38. The van der Waals surface area contributed by atoms with Crippen molar-refractivity contribution in [1.29, 1.82) is 0 Å². The highest BCUT2D eigenvalue weighted by atomic mass is 79.9. The average Bonchev–Trinajstić information content (AvgIpc) is 2.61. The van der Waals surface area contributed by atoms with Crippen LogP contribution >= 0.6 is 27.5 Å². The van der Waals surface area contributed by atoms with Crippen LogP contribution in [-0.2, 0) is 0 Å². The molecule has 25 heavy (non-hydrogen) atoms. The molecule has 2 aromatic carbocycles. The van der Waals surface area contributed by atoms with E-state index in [0.29, 0.717) is 29.1 Å². The molecule has 1 N–H and O–H groups in total. The Hall–Kier alpha value is -2.11. The van der Waals surface area contributed by atoms with Crippen molar-refractivity contribution in [3.05, 3.63) is 69.3 Å². The van der Waals surface area contributed by atoms with Crippen molar-refractivity contribution in [2.75, 3.05) is 6.61 Å². The van der Waals surface area contributed by atoms with Gasteiger partial charge in [0.25, 0.3) is 5.91 Å². The van der Waals surface area contributed by atoms with E-state index < -0.39 is 0 Å². The Kier molecular flexibility index (Phi) is 4.36. The summed E-state index contributed by atoms with van der Waals surface area (Å²) in [6, 6.07) is 12.9. The number of nitrogens with zero attached hydrogens (tertiary/aromatic N) is 1. The lowest BCUT2D eigenvalue weighted by Crippen LogP contribution is -2.32. The van der Waals surface area contributed by atoms with E-state index in [4.69, 9.17) is 16.3 Å². The molecule has 1 aliphatic heterocycles. The van der Waals surface area contributed by atoms with Gasteiger partial charge in [-0.2, -0.15) is 0 Å². The second-order valence-corrected chi connectivity index (χ2v) is 7.23. The average molecular weight is 418 g/mol. The maximum Gasteiger partial charge on any atom is 0.254 e. The van der Waals surface area contributed by atoms with Gasteiger partial charge < -0.3 is 10.1 Å². The number of fused-ring (bicyclic) bond motifs is 2. The Morgan fingerprint density at radius 3 is 3.04 bits per heavy atom. The number of hydrogen-bond donors (Lipinski definition) is 1. The summed E-state index contributed by atoms with van der Waals surface area (Å²) in [5, 5.41) is 4.46. The van der Waals surface area contributed by atoms with Gasteiger partial charge in [-0.3, -0.25) is 9.78 Å². The molecule has 1 unspecified atom stereocenters. The highest BCUT2D eigenvalue weighted by Gasteiger charge is 2.24.